The first kappa shape index (κ1) is 18.2. The Morgan fingerprint density at radius 2 is 1.96 bits per heavy atom. The van der Waals surface area contributed by atoms with E-state index in [4.69, 9.17) is 5.73 Å². The van der Waals surface area contributed by atoms with E-state index < -0.39 is 17.3 Å². The first-order chi connectivity index (χ1) is 11.2. The van der Waals surface area contributed by atoms with Gasteiger partial charge < -0.3 is 5.73 Å². The van der Waals surface area contributed by atoms with E-state index in [1.165, 1.54) is 24.5 Å². The number of thiophene rings is 1. The molecule has 24 heavy (non-hydrogen) atoms. The van der Waals surface area contributed by atoms with Gasteiger partial charge in [-0.1, -0.05) is 0 Å². The SMILES string of the molecule is Cc1ccsc1CN(C)C(C)C(=O)c1c(N)n(C)c(=O)n(C)c1=O. The third kappa shape index (κ3) is 3.07. The molecule has 0 aliphatic rings. The molecular weight excluding hydrogens is 328 g/mol. The highest BCUT2D eigenvalue weighted by molar-refractivity contribution is 7.10. The summed E-state index contributed by atoms with van der Waals surface area (Å²) < 4.78 is 2.02. The molecule has 0 saturated carbocycles. The van der Waals surface area contributed by atoms with Crippen molar-refractivity contribution in [2.24, 2.45) is 14.1 Å². The van der Waals surface area contributed by atoms with Crippen LogP contribution in [-0.4, -0.2) is 32.9 Å². The second kappa shape index (κ2) is 6.74. The molecule has 0 fully saturated rings. The van der Waals surface area contributed by atoms with E-state index in [9.17, 15) is 14.4 Å². The molecule has 8 heteroatoms. The number of carbonyl (C=O) groups excluding carboxylic acids is 1. The van der Waals surface area contributed by atoms with Crippen molar-refractivity contribution in [2.45, 2.75) is 26.4 Å². The fourth-order valence-corrected chi connectivity index (χ4v) is 3.40. The van der Waals surface area contributed by atoms with Crippen LogP contribution < -0.4 is 17.0 Å². The van der Waals surface area contributed by atoms with Crippen molar-refractivity contribution >= 4 is 22.9 Å². The maximum Gasteiger partial charge on any atom is 0.332 e. The number of aromatic nitrogens is 2. The zero-order chi connectivity index (χ0) is 18.2. The summed E-state index contributed by atoms with van der Waals surface area (Å²) in [4.78, 5) is 40.0. The third-order valence-corrected chi connectivity index (χ3v) is 5.37. The van der Waals surface area contributed by atoms with Gasteiger partial charge in [-0.25, -0.2) is 4.79 Å². The molecule has 2 heterocycles. The lowest BCUT2D eigenvalue weighted by molar-refractivity contribution is 0.0861. The van der Waals surface area contributed by atoms with Crippen LogP contribution in [0.15, 0.2) is 21.0 Å². The predicted octanol–water partition coefficient (Wildman–Crippen LogP) is 0.739. The maximum absolute atomic E-state index is 12.8. The van der Waals surface area contributed by atoms with Gasteiger partial charge in [0.2, 0.25) is 0 Å². The molecule has 0 aromatic carbocycles. The van der Waals surface area contributed by atoms with Crippen LogP contribution >= 0.6 is 11.3 Å². The molecule has 2 rings (SSSR count). The lowest BCUT2D eigenvalue weighted by Gasteiger charge is -2.24. The fourth-order valence-electron chi connectivity index (χ4n) is 2.43. The fraction of sp³-hybridized carbons (Fsp3) is 0.438. The van der Waals surface area contributed by atoms with Crippen molar-refractivity contribution in [1.29, 1.82) is 0 Å². The second-order valence-corrected chi connectivity index (χ2v) is 6.95. The molecule has 0 aliphatic carbocycles. The van der Waals surface area contributed by atoms with Gasteiger partial charge in [-0.05, 0) is 37.9 Å². The number of hydrogen-bond acceptors (Lipinski definition) is 6. The van der Waals surface area contributed by atoms with E-state index in [1.807, 2.05) is 30.3 Å². The minimum absolute atomic E-state index is 0.0966. The summed E-state index contributed by atoms with van der Waals surface area (Å²) in [5, 5.41) is 2.01. The molecule has 2 aromatic rings. The standard InChI is InChI=1S/C16H22N4O3S/c1-9-6-7-24-11(9)8-18(3)10(2)13(21)12-14(17)19(4)16(23)20(5)15(12)22/h6-7,10H,8,17H2,1-5H3. The van der Waals surface area contributed by atoms with Crippen molar-refractivity contribution in [3.63, 3.8) is 0 Å². The largest absolute Gasteiger partial charge is 0.384 e. The molecule has 0 aliphatic heterocycles. The highest BCUT2D eigenvalue weighted by Gasteiger charge is 2.27. The average Bonchev–Trinajstić information content (AvgIpc) is 2.95. The number of nitrogen functional groups attached to an aromatic ring is 1. The molecule has 1 unspecified atom stereocenters. The van der Waals surface area contributed by atoms with Crippen molar-refractivity contribution in [1.82, 2.24) is 14.0 Å². The van der Waals surface area contributed by atoms with Gasteiger partial charge in [-0.3, -0.25) is 23.6 Å². The number of hydrogen-bond donors (Lipinski definition) is 1. The van der Waals surface area contributed by atoms with E-state index in [1.54, 1.807) is 18.3 Å². The maximum atomic E-state index is 12.8. The summed E-state index contributed by atoms with van der Waals surface area (Å²) in [5.41, 5.74) is 5.69. The minimum atomic E-state index is -0.659. The van der Waals surface area contributed by atoms with Gasteiger partial charge >= 0.3 is 5.69 Å². The zero-order valence-corrected chi connectivity index (χ0v) is 15.3. The van der Waals surface area contributed by atoms with Crippen LogP contribution in [0.25, 0.3) is 0 Å². The van der Waals surface area contributed by atoms with E-state index in [0.717, 1.165) is 9.13 Å². The predicted molar refractivity (Wildman–Crippen MR) is 95.7 cm³/mol. The normalized spacial score (nSPS) is 12.6. The Kier molecular flexibility index (Phi) is 5.10. The molecule has 0 bridgehead atoms. The van der Waals surface area contributed by atoms with Crippen LogP contribution in [0, 0.1) is 6.92 Å². The first-order valence-electron chi connectivity index (χ1n) is 7.49. The number of rotatable bonds is 5. The number of nitrogens with two attached hydrogens (primary N) is 1. The van der Waals surface area contributed by atoms with Gasteiger partial charge in [0.05, 0.1) is 6.04 Å². The van der Waals surface area contributed by atoms with E-state index in [2.05, 4.69) is 0 Å². The molecule has 0 radical (unpaired) electrons. The van der Waals surface area contributed by atoms with Gasteiger partial charge in [-0.2, -0.15) is 0 Å². The Morgan fingerprint density at radius 1 is 1.33 bits per heavy atom. The number of ketones is 1. The van der Waals surface area contributed by atoms with Crippen LogP contribution in [0.1, 0.15) is 27.7 Å². The summed E-state index contributed by atoms with van der Waals surface area (Å²) in [6, 6.07) is 1.49. The average molecular weight is 350 g/mol. The molecule has 130 valence electrons. The summed E-state index contributed by atoms with van der Waals surface area (Å²) in [6.45, 7) is 4.35. The number of likely N-dealkylation sites (N-methyl/N-ethyl adjacent to an activating group) is 1. The van der Waals surface area contributed by atoms with E-state index in [-0.39, 0.29) is 17.2 Å². The smallest absolute Gasteiger partial charge is 0.332 e. The van der Waals surface area contributed by atoms with Gasteiger partial charge in [-0.15, -0.1) is 11.3 Å². The molecule has 0 amide bonds. The van der Waals surface area contributed by atoms with Crippen LogP contribution in [0.4, 0.5) is 5.82 Å². The van der Waals surface area contributed by atoms with Crippen molar-refractivity contribution in [3.05, 3.63) is 48.3 Å². The molecule has 2 N–H and O–H groups in total. The highest BCUT2D eigenvalue weighted by Crippen LogP contribution is 2.19. The third-order valence-electron chi connectivity index (χ3n) is 4.36. The number of anilines is 1. The first-order valence-corrected chi connectivity index (χ1v) is 8.37. The number of aryl methyl sites for hydroxylation is 1. The van der Waals surface area contributed by atoms with Crippen molar-refractivity contribution in [3.8, 4) is 0 Å². The molecule has 0 saturated heterocycles. The summed E-state index contributed by atoms with van der Waals surface area (Å²) in [5.74, 6) is -0.485. The van der Waals surface area contributed by atoms with Crippen LogP contribution in [0.3, 0.4) is 0 Å². The highest BCUT2D eigenvalue weighted by atomic mass is 32.1. The quantitative estimate of drug-likeness (QED) is 0.803. The van der Waals surface area contributed by atoms with Gasteiger partial charge in [0.15, 0.2) is 5.78 Å². The molecule has 0 spiro atoms. The van der Waals surface area contributed by atoms with Crippen LogP contribution in [0.5, 0.6) is 0 Å². The molecule has 2 aromatic heterocycles. The topological polar surface area (TPSA) is 90.3 Å². The molecule has 1 atom stereocenters. The summed E-state index contributed by atoms with van der Waals surface area (Å²) in [7, 11) is 4.60. The Bertz CT molecular complexity index is 894. The van der Waals surface area contributed by atoms with Crippen LogP contribution in [0.2, 0.25) is 0 Å². The van der Waals surface area contributed by atoms with E-state index in [0.29, 0.717) is 6.54 Å². The number of Topliss-reactive ketones (excluding diaryl/α,β-unsaturated/α-hetero) is 1. The Balaban J connectivity index is 2.37. The van der Waals surface area contributed by atoms with Crippen LogP contribution in [-0.2, 0) is 20.6 Å². The van der Waals surface area contributed by atoms with Crippen molar-refractivity contribution in [2.75, 3.05) is 12.8 Å². The Labute approximate surface area is 143 Å². The second-order valence-electron chi connectivity index (χ2n) is 5.95. The Hall–Kier alpha value is -2.19. The minimum Gasteiger partial charge on any atom is -0.384 e. The Morgan fingerprint density at radius 3 is 2.50 bits per heavy atom. The van der Waals surface area contributed by atoms with Gasteiger partial charge in [0.25, 0.3) is 5.56 Å². The van der Waals surface area contributed by atoms with E-state index >= 15 is 0 Å². The number of carbonyl (C=O) groups is 1. The number of nitrogens with zero attached hydrogens (tertiary/aromatic N) is 3. The van der Waals surface area contributed by atoms with Gasteiger partial charge in [0, 0.05) is 25.5 Å². The van der Waals surface area contributed by atoms with Gasteiger partial charge in [0.1, 0.15) is 11.4 Å². The van der Waals surface area contributed by atoms with Crippen molar-refractivity contribution < 1.29 is 4.79 Å². The molecule has 7 nitrogen and oxygen atoms in total. The lowest BCUT2D eigenvalue weighted by atomic mass is 10.1. The molecular formula is C16H22N4O3S. The zero-order valence-electron chi connectivity index (χ0n) is 14.5. The lowest BCUT2D eigenvalue weighted by Crippen LogP contribution is -2.45. The summed E-state index contributed by atoms with van der Waals surface area (Å²) in [6.07, 6.45) is 0. The summed E-state index contributed by atoms with van der Waals surface area (Å²) >= 11 is 1.63. The monoisotopic (exact) mass is 350 g/mol.